The van der Waals surface area contributed by atoms with E-state index >= 15 is 0 Å². The molecule has 1 unspecified atom stereocenters. The van der Waals surface area contributed by atoms with Crippen LogP contribution >= 0.6 is 0 Å². The Hall–Kier alpha value is -4.41. The molecule has 3 heterocycles. The molecule has 1 atom stereocenters. The number of carbonyl (C=O) groups is 1. The quantitative estimate of drug-likeness (QED) is 0.266. The lowest BCUT2D eigenvalue weighted by atomic mass is 10.0. The minimum Gasteiger partial charge on any atom is -0.383 e. The van der Waals surface area contributed by atoms with Gasteiger partial charge in [-0.15, -0.1) is 0 Å². The molecule has 13 heteroatoms. The van der Waals surface area contributed by atoms with E-state index in [0.29, 0.717) is 24.5 Å². The van der Waals surface area contributed by atoms with E-state index in [9.17, 15) is 18.0 Å². The first kappa shape index (κ1) is 29.6. The molecule has 0 spiro atoms. The van der Waals surface area contributed by atoms with E-state index in [1.807, 2.05) is 18.9 Å². The van der Waals surface area contributed by atoms with Crippen LogP contribution in [-0.4, -0.2) is 77.7 Å². The second kappa shape index (κ2) is 12.4. The number of anilines is 3. The van der Waals surface area contributed by atoms with E-state index < -0.39 is 17.6 Å². The standard InChI is InChI=1S/C28H32F3N9O/c1-17-18(5-7-23(32)24-25(33)36-16-37-26(24)34-2)12-20(14-35-17)27(41)38-21-6-4-19(22(13-21)28(29,30)31)15-40-10-8-39(3)9-11-40/h4,6,12-14,16-17,32,35H,8-11,15H2,1-3H3,(H,38,41)(H3,33,34,36,37). The van der Waals surface area contributed by atoms with Crippen LogP contribution in [0, 0.1) is 17.3 Å². The van der Waals surface area contributed by atoms with E-state index in [4.69, 9.17) is 11.1 Å². The van der Waals surface area contributed by atoms with Crippen molar-refractivity contribution >= 4 is 28.9 Å². The summed E-state index contributed by atoms with van der Waals surface area (Å²) < 4.78 is 41.9. The summed E-state index contributed by atoms with van der Waals surface area (Å²) in [5.74, 6) is 5.46. The fraction of sp³-hybridized carbons (Fsp3) is 0.357. The molecule has 2 aromatic rings. The van der Waals surface area contributed by atoms with Gasteiger partial charge in [-0.3, -0.25) is 15.1 Å². The summed E-state index contributed by atoms with van der Waals surface area (Å²) in [6, 6.07) is 3.60. The summed E-state index contributed by atoms with van der Waals surface area (Å²) in [7, 11) is 3.62. The normalized spacial score (nSPS) is 17.9. The molecule has 2 aliphatic rings. The number of likely N-dealkylation sites (N-methyl/N-ethyl adjacent to an activating group) is 1. The van der Waals surface area contributed by atoms with Crippen molar-refractivity contribution in [1.29, 1.82) is 5.41 Å². The van der Waals surface area contributed by atoms with Gasteiger partial charge in [-0.25, -0.2) is 9.97 Å². The molecule has 1 aromatic heterocycles. The van der Waals surface area contributed by atoms with Crippen LogP contribution in [0.4, 0.5) is 30.5 Å². The minimum atomic E-state index is -4.57. The zero-order chi connectivity index (χ0) is 29.7. The number of nitrogens with zero attached hydrogens (tertiary/aromatic N) is 4. The highest BCUT2D eigenvalue weighted by Crippen LogP contribution is 2.35. The summed E-state index contributed by atoms with van der Waals surface area (Å²) in [6.45, 7) is 4.97. The van der Waals surface area contributed by atoms with Crippen molar-refractivity contribution < 1.29 is 18.0 Å². The molecule has 1 fully saturated rings. The van der Waals surface area contributed by atoms with Crippen LogP contribution in [0.15, 0.2) is 47.9 Å². The molecule has 6 N–H and O–H groups in total. The molecular formula is C28H32F3N9O. The highest BCUT2D eigenvalue weighted by Gasteiger charge is 2.34. The van der Waals surface area contributed by atoms with Crippen molar-refractivity contribution in [3.63, 3.8) is 0 Å². The van der Waals surface area contributed by atoms with Crippen LogP contribution in [0.1, 0.15) is 23.6 Å². The zero-order valence-corrected chi connectivity index (χ0v) is 23.0. The summed E-state index contributed by atoms with van der Waals surface area (Å²) in [5.41, 5.74) is 6.15. The SMILES string of the molecule is CNc1ncnc(N)c1C(=N)C#CC1=CC(C(=O)Nc2ccc(CN3CCN(C)CC3)c(C(F)(F)F)c2)=CNC1C. The maximum absolute atomic E-state index is 14.0. The first-order chi connectivity index (χ1) is 19.5. The third kappa shape index (κ3) is 7.22. The highest BCUT2D eigenvalue weighted by atomic mass is 19.4. The molecule has 1 saturated heterocycles. The molecule has 0 radical (unpaired) electrons. The van der Waals surface area contributed by atoms with Crippen LogP contribution in [0.2, 0.25) is 0 Å². The highest BCUT2D eigenvalue weighted by molar-refractivity contribution is 6.16. The largest absolute Gasteiger partial charge is 0.416 e. The van der Waals surface area contributed by atoms with Crippen molar-refractivity contribution in [2.24, 2.45) is 0 Å². The first-order valence-electron chi connectivity index (χ1n) is 13.0. The van der Waals surface area contributed by atoms with Gasteiger partial charge in [-0.2, -0.15) is 13.2 Å². The topological polar surface area (TPSA) is 135 Å². The number of halogens is 3. The van der Waals surface area contributed by atoms with Crippen molar-refractivity contribution in [1.82, 2.24) is 25.1 Å². The molecule has 2 aliphatic heterocycles. The van der Waals surface area contributed by atoms with Crippen molar-refractivity contribution in [2.45, 2.75) is 25.7 Å². The third-order valence-electron chi connectivity index (χ3n) is 6.89. The smallest absolute Gasteiger partial charge is 0.383 e. The lowest BCUT2D eigenvalue weighted by Crippen LogP contribution is -2.44. The van der Waals surface area contributed by atoms with Gasteiger partial charge in [0.25, 0.3) is 5.91 Å². The fourth-order valence-corrected chi connectivity index (χ4v) is 4.45. The molecule has 1 aromatic carbocycles. The molecule has 1 amide bonds. The second-order valence-corrected chi connectivity index (χ2v) is 9.85. The lowest BCUT2D eigenvalue weighted by molar-refractivity contribution is -0.138. The molecule has 0 saturated carbocycles. The van der Waals surface area contributed by atoms with Gasteiger partial charge >= 0.3 is 6.18 Å². The van der Waals surface area contributed by atoms with Crippen LogP contribution in [-0.2, 0) is 17.5 Å². The Morgan fingerprint density at radius 3 is 2.66 bits per heavy atom. The fourth-order valence-electron chi connectivity index (χ4n) is 4.45. The van der Waals surface area contributed by atoms with Crippen LogP contribution in [0.5, 0.6) is 0 Å². The Labute approximate surface area is 236 Å². The van der Waals surface area contributed by atoms with Gasteiger partial charge in [0.1, 0.15) is 23.7 Å². The number of carbonyl (C=O) groups excluding carboxylic acids is 1. The van der Waals surface area contributed by atoms with Gasteiger partial charge in [-0.05, 0) is 43.7 Å². The summed E-state index contributed by atoms with van der Waals surface area (Å²) in [5, 5.41) is 16.8. The molecule has 0 aliphatic carbocycles. The predicted molar refractivity (Wildman–Crippen MR) is 152 cm³/mol. The zero-order valence-electron chi connectivity index (χ0n) is 23.0. The van der Waals surface area contributed by atoms with Gasteiger partial charge in [0.2, 0.25) is 0 Å². The van der Waals surface area contributed by atoms with Crippen LogP contribution < -0.4 is 21.7 Å². The van der Waals surface area contributed by atoms with Gasteiger partial charge in [0, 0.05) is 57.2 Å². The molecule has 216 valence electrons. The average Bonchev–Trinajstić information content (AvgIpc) is 2.93. The molecule has 0 bridgehead atoms. The Kier molecular flexibility index (Phi) is 8.95. The van der Waals surface area contributed by atoms with Gasteiger partial charge in [-0.1, -0.05) is 12.0 Å². The number of dihydropyridines is 1. The van der Waals surface area contributed by atoms with Crippen LogP contribution in [0.25, 0.3) is 0 Å². The van der Waals surface area contributed by atoms with E-state index in [1.54, 1.807) is 7.05 Å². The molecule has 41 heavy (non-hydrogen) atoms. The van der Waals surface area contributed by atoms with Crippen molar-refractivity contribution in [3.8, 4) is 11.8 Å². The first-order valence-corrected chi connectivity index (χ1v) is 13.0. The predicted octanol–water partition coefficient (Wildman–Crippen LogP) is 2.68. The number of alkyl halides is 3. The minimum absolute atomic E-state index is 0.0333. The van der Waals surface area contributed by atoms with Gasteiger partial charge < -0.3 is 26.6 Å². The summed E-state index contributed by atoms with van der Waals surface area (Å²) in [4.78, 5) is 25.1. The summed E-state index contributed by atoms with van der Waals surface area (Å²) in [6.07, 6.45) is -0.287. The second-order valence-electron chi connectivity index (χ2n) is 9.85. The van der Waals surface area contributed by atoms with Crippen LogP contribution in [0.3, 0.4) is 0 Å². The number of rotatable bonds is 6. The summed E-state index contributed by atoms with van der Waals surface area (Å²) >= 11 is 0. The van der Waals surface area contributed by atoms with E-state index in [0.717, 1.165) is 19.2 Å². The maximum Gasteiger partial charge on any atom is 0.416 e. The van der Waals surface area contributed by atoms with Crippen molar-refractivity contribution in [3.05, 3.63) is 64.6 Å². The average molecular weight is 568 g/mol. The number of hydrogen-bond acceptors (Lipinski definition) is 9. The number of nitrogens with two attached hydrogens (primary N) is 1. The third-order valence-corrected chi connectivity index (χ3v) is 6.89. The maximum atomic E-state index is 14.0. The molecule has 4 rings (SSSR count). The number of hydrogen-bond donors (Lipinski definition) is 5. The number of nitrogens with one attached hydrogen (secondary N) is 4. The Morgan fingerprint density at radius 2 is 1.98 bits per heavy atom. The Bertz CT molecular complexity index is 1450. The lowest BCUT2D eigenvalue weighted by Gasteiger charge is -2.33. The number of nitrogen functional groups attached to an aromatic ring is 1. The van der Waals surface area contributed by atoms with E-state index in [2.05, 4.69) is 42.7 Å². The molecular weight excluding hydrogens is 535 g/mol. The van der Waals surface area contributed by atoms with E-state index in [1.165, 1.54) is 30.7 Å². The van der Waals surface area contributed by atoms with Crippen molar-refractivity contribution in [2.75, 3.05) is 56.6 Å². The van der Waals surface area contributed by atoms with Gasteiger partial charge in [0.05, 0.1) is 22.7 Å². The van der Waals surface area contributed by atoms with E-state index in [-0.39, 0.29) is 46.5 Å². The number of aromatic nitrogens is 2. The number of benzene rings is 1. The monoisotopic (exact) mass is 567 g/mol. The van der Waals surface area contributed by atoms with Gasteiger partial charge in [0.15, 0.2) is 0 Å². The number of piperazine rings is 1. The Morgan fingerprint density at radius 1 is 1.24 bits per heavy atom. The molecule has 10 nitrogen and oxygen atoms in total. The Balaban J connectivity index is 1.51. The number of amides is 1.